The van der Waals surface area contributed by atoms with Crippen molar-refractivity contribution in [3.05, 3.63) is 40.1 Å². The number of hydrogen-bond donors (Lipinski definition) is 1. The minimum Gasteiger partial charge on any atom is -0.468 e. The van der Waals surface area contributed by atoms with E-state index < -0.39 is 0 Å². The van der Waals surface area contributed by atoms with Crippen molar-refractivity contribution in [1.82, 2.24) is 4.98 Å². The minimum atomic E-state index is -0.381. The maximum Gasteiger partial charge on any atom is 0.294 e. The Hall–Kier alpha value is -2.37. The molecule has 0 spiro atoms. The molecule has 0 amide bonds. The average Bonchev–Trinajstić information content (AvgIpc) is 2.73. The number of hydrogen-bond acceptors (Lipinski definition) is 4. The number of nitrogens with zero attached hydrogens (tertiary/aromatic N) is 1. The first-order valence-electron chi connectivity index (χ1n) is 5.37. The lowest BCUT2D eigenvalue weighted by Crippen LogP contribution is -1.84. The highest BCUT2D eigenvalue weighted by atomic mass is 16.6. The predicted octanol–water partition coefficient (Wildman–Crippen LogP) is 2.56. The first-order valence-corrected chi connectivity index (χ1v) is 5.37. The Morgan fingerprint density at radius 1 is 1.50 bits per heavy atom. The van der Waals surface area contributed by atoms with E-state index in [2.05, 4.69) is 9.72 Å². The fraction of sp³-hybridized carbons (Fsp3) is 0.250. The largest absolute Gasteiger partial charge is 0.468 e. The lowest BCUT2D eigenvalue weighted by Gasteiger charge is -1.91. The van der Waals surface area contributed by atoms with E-state index in [9.17, 15) is 14.9 Å². The summed E-state index contributed by atoms with van der Waals surface area (Å²) in [5.41, 5.74) is 2.03. The molecule has 0 unspecified atom stereocenters. The number of aryl methyl sites for hydroxylation is 1. The molecule has 0 aliphatic rings. The SMILES string of the molecule is CCOC=O.Cc1ccc2c([N+](=O)[O-])c[nH]c2c1. The summed E-state index contributed by atoms with van der Waals surface area (Å²) in [5.74, 6) is 0. The van der Waals surface area contributed by atoms with Gasteiger partial charge in [-0.1, -0.05) is 6.07 Å². The molecule has 0 aliphatic heterocycles. The lowest BCUT2D eigenvalue weighted by atomic mass is 10.2. The van der Waals surface area contributed by atoms with Crippen molar-refractivity contribution in [3.63, 3.8) is 0 Å². The molecule has 2 rings (SSSR count). The molecule has 0 radical (unpaired) electrons. The van der Waals surface area contributed by atoms with Crippen LogP contribution in [0.3, 0.4) is 0 Å². The van der Waals surface area contributed by atoms with Crippen LogP contribution in [0.25, 0.3) is 10.9 Å². The second kappa shape index (κ2) is 6.39. The Bertz CT molecular complexity index is 548. The molecule has 1 N–H and O–H groups in total. The summed E-state index contributed by atoms with van der Waals surface area (Å²) in [5, 5.41) is 11.2. The average molecular weight is 250 g/mol. The second-order valence-electron chi connectivity index (χ2n) is 3.53. The first-order chi connectivity index (χ1) is 8.60. The van der Waals surface area contributed by atoms with E-state index in [4.69, 9.17) is 0 Å². The smallest absolute Gasteiger partial charge is 0.294 e. The highest BCUT2D eigenvalue weighted by molar-refractivity contribution is 5.89. The van der Waals surface area contributed by atoms with Crippen molar-refractivity contribution in [2.75, 3.05) is 6.61 Å². The van der Waals surface area contributed by atoms with Crippen LogP contribution < -0.4 is 0 Å². The zero-order valence-corrected chi connectivity index (χ0v) is 10.2. The second-order valence-corrected chi connectivity index (χ2v) is 3.53. The molecule has 0 fully saturated rings. The summed E-state index contributed by atoms with van der Waals surface area (Å²) in [4.78, 5) is 22.2. The third kappa shape index (κ3) is 3.31. The minimum absolute atomic E-state index is 0.134. The van der Waals surface area contributed by atoms with E-state index in [-0.39, 0.29) is 10.6 Å². The molecular weight excluding hydrogens is 236 g/mol. The van der Waals surface area contributed by atoms with Crippen molar-refractivity contribution >= 4 is 23.1 Å². The Labute approximate surface area is 104 Å². The first kappa shape index (κ1) is 13.7. The molecule has 1 aromatic heterocycles. The maximum atomic E-state index is 10.5. The molecule has 6 nitrogen and oxygen atoms in total. The van der Waals surface area contributed by atoms with Crippen LogP contribution in [0.2, 0.25) is 0 Å². The van der Waals surface area contributed by atoms with Crippen LogP contribution >= 0.6 is 0 Å². The summed E-state index contributed by atoms with van der Waals surface area (Å²) >= 11 is 0. The summed E-state index contributed by atoms with van der Waals surface area (Å²) in [6.07, 6.45) is 1.42. The third-order valence-electron chi connectivity index (χ3n) is 2.25. The van der Waals surface area contributed by atoms with Gasteiger partial charge in [0.1, 0.15) is 0 Å². The van der Waals surface area contributed by atoms with Crippen molar-refractivity contribution in [1.29, 1.82) is 0 Å². The van der Waals surface area contributed by atoms with Crippen LogP contribution in [0.4, 0.5) is 5.69 Å². The van der Waals surface area contributed by atoms with Crippen molar-refractivity contribution in [2.24, 2.45) is 0 Å². The van der Waals surface area contributed by atoms with Crippen LogP contribution in [-0.2, 0) is 9.53 Å². The summed E-state index contributed by atoms with van der Waals surface area (Å²) in [6.45, 7) is 4.62. The molecule has 0 saturated carbocycles. The van der Waals surface area contributed by atoms with E-state index >= 15 is 0 Å². The number of aromatic nitrogens is 1. The molecule has 6 heteroatoms. The van der Waals surface area contributed by atoms with Crippen LogP contribution in [0.1, 0.15) is 12.5 Å². The molecular formula is C12H14N2O4. The van der Waals surface area contributed by atoms with Gasteiger partial charge in [-0.25, -0.2) is 0 Å². The van der Waals surface area contributed by atoms with Gasteiger partial charge in [-0.15, -0.1) is 0 Å². The molecule has 1 aromatic carbocycles. The number of H-pyrrole nitrogens is 1. The van der Waals surface area contributed by atoms with E-state index in [1.807, 2.05) is 19.1 Å². The normalized spacial score (nSPS) is 9.44. The third-order valence-corrected chi connectivity index (χ3v) is 2.25. The van der Waals surface area contributed by atoms with Gasteiger partial charge >= 0.3 is 0 Å². The number of aromatic amines is 1. The number of nitro groups is 1. The van der Waals surface area contributed by atoms with Gasteiger partial charge in [-0.2, -0.15) is 0 Å². The molecule has 1 heterocycles. The summed E-state index contributed by atoms with van der Waals surface area (Å²) in [6, 6.07) is 5.52. The van der Waals surface area contributed by atoms with Crippen LogP contribution in [0.15, 0.2) is 24.4 Å². The van der Waals surface area contributed by atoms with Crippen LogP contribution in [0, 0.1) is 17.0 Å². The van der Waals surface area contributed by atoms with E-state index in [1.54, 1.807) is 13.0 Å². The number of fused-ring (bicyclic) bond motifs is 1. The van der Waals surface area contributed by atoms with Crippen LogP contribution in [-0.4, -0.2) is 23.0 Å². The van der Waals surface area contributed by atoms with Gasteiger partial charge in [0.2, 0.25) is 0 Å². The fourth-order valence-electron chi connectivity index (χ4n) is 1.44. The summed E-state index contributed by atoms with van der Waals surface area (Å²) < 4.78 is 4.15. The molecule has 96 valence electrons. The zero-order valence-electron chi connectivity index (χ0n) is 10.2. The maximum absolute atomic E-state index is 10.5. The quantitative estimate of drug-likeness (QED) is 0.515. The molecule has 2 aromatic rings. The van der Waals surface area contributed by atoms with Crippen molar-refractivity contribution in [2.45, 2.75) is 13.8 Å². The highest BCUT2D eigenvalue weighted by Crippen LogP contribution is 2.25. The van der Waals surface area contributed by atoms with Gasteiger partial charge in [0.05, 0.1) is 28.6 Å². The molecule has 0 bridgehead atoms. The molecule has 0 aliphatic carbocycles. The number of carbonyl (C=O) groups excluding carboxylic acids is 1. The number of rotatable bonds is 3. The number of benzene rings is 1. The van der Waals surface area contributed by atoms with E-state index in [0.29, 0.717) is 18.5 Å². The van der Waals surface area contributed by atoms with E-state index in [0.717, 1.165) is 11.1 Å². The van der Waals surface area contributed by atoms with Gasteiger partial charge < -0.3 is 9.72 Å². The van der Waals surface area contributed by atoms with Gasteiger partial charge in [0.15, 0.2) is 0 Å². The lowest BCUT2D eigenvalue weighted by molar-refractivity contribution is -0.383. The fourth-order valence-corrected chi connectivity index (χ4v) is 1.44. The highest BCUT2D eigenvalue weighted by Gasteiger charge is 2.12. The van der Waals surface area contributed by atoms with Gasteiger partial charge in [0, 0.05) is 0 Å². The zero-order chi connectivity index (χ0) is 13.5. The number of carbonyl (C=O) groups is 1. The number of nitrogens with one attached hydrogen (secondary N) is 1. The molecule has 0 saturated heterocycles. The van der Waals surface area contributed by atoms with Crippen molar-refractivity contribution < 1.29 is 14.5 Å². The standard InChI is InChI=1S/C9H8N2O2.C3H6O2/c1-6-2-3-7-8(4-6)10-5-9(7)11(12)13;1-2-5-3-4/h2-5,10H,1H3;3H,2H2,1H3. The van der Waals surface area contributed by atoms with Gasteiger partial charge in [-0.3, -0.25) is 14.9 Å². The van der Waals surface area contributed by atoms with Crippen LogP contribution in [0.5, 0.6) is 0 Å². The Kier molecular flexibility index (Phi) is 4.86. The Morgan fingerprint density at radius 2 is 2.22 bits per heavy atom. The molecule has 0 atom stereocenters. The van der Waals surface area contributed by atoms with Gasteiger partial charge in [-0.05, 0) is 31.5 Å². The van der Waals surface area contributed by atoms with E-state index in [1.165, 1.54) is 6.20 Å². The monoisotopic (exact) mass is 250 g/mol. The Balaban J connectivity index is 0.000000280. The molecule has 18 heavy (non-hydrogen) atoms. The van der Waals surface area contributed by atoms with Crippen molar-refractivity contribution in [3.8, 4) is 0 Å². The number of ether oxygens (including phenoxy) is 1. The summed E-state index contributed by atoms with van der Waals surface area (Å²) in [7, 11) is 0. The Morgan fingerprint density at radius 3 is 2.72 bits per heavy atom. The predicted molar refractivity (Wildman–Crippen MR) is 67.4 cm³/mol. The topological polar surface area (TPSA) is 85.2 Å². The van der Waals surface area contributed by atoms with Gasteiger partial charge in [0.25, 0.3) is 12.2 Å².